The highest BCUT2D eigenvalue weighted by atomic mass is 35.5. The van der Waals surface area contributed by atoms with E-state index in [1.165, 1.54) is 0 Å². The minimum Gasteiger partial charge on any atom is -0.465 e. The van der Waals surface area contributed by atoms with Crippen LogP contribution in [0, 0.1) is 0 Å². The van der Waals surface area contributed by atoms with Crippen LogP contribution in [0.3, 0.4) is 0 Å². The smallest absolute Gasteiger partial charge is 0.404 e. The summed E-state index contributed by atoms with van der Waals surface area (Å²) < 4.78 is 0. The molecule has 1 fully saturated rings. The maximum absolute atomic E-state index is 9.90. The van der Waals surface area contributed by atoms with Gasteiger partial charge in [0.25, 0.3) is 0 Å². The third-order valence-corrected chi connectivity index (χ3v) is 1.43. The van der Waals surface area contributed by atoms with E-state index in [0.29, 0.717) is 12.6 Å². The first-order chi connectivity index (χ1) is 4.29. The maximum atomic E-state index is 9.90. The summed E-state index contributed by atoms with van der Waals surface area (Å²) in [5, 5.41) is 13.5. The van der Waals surface area contributed by atoms with Gasteiger partial charge in [0.15, 0.2) is 0 Å². The molecule has 1 heterocycles. The van der Waals surface area contributed by atoms with Gasteiger partial charge in [0.2, 0.25) is 0 Å². The van der Waals surface area contributed by atoms with Gasteiger partial charge in [-0.15, -0.1) is 12.4 Å². The number of hydrogen-bond donors (Lipinski definition) is 3. The number of nitrogens with one attached hydrogen (secondary N) is 2. The van der Waals surface area contributed by atoms with Gasteiger partial charge in [-0.3, -0.25) is 0 Å². The molecule has 0 radical (unpaired) electrons. The van der Waals surface area contributed by atoms with Gasteiger partial charge in [-0.1, -0.05) is 0 Å². The lowest BCUT2D eigenvalue weighted by Gasteiger charge is -2.26. The van der Waals surface area contributed by atoms with E-state index in [0.717, 1.165) is 13.0 Å². The molecule has 10 heavy (non-hydrogen) atoms. The lowest BCUT2D eigenvalue weighted by molar-refractivity contribution is 0.191. The third-order valence-electron chi connectivity index (χ3n) is 1.43. The molecule has 1 rings (SSSR count). The first kappa shape index (κ1) is 9.52. The lowest BCUT2D eigenvalue weighted by atomic mass is 10.1. The van der Waals surface area contributed by atoms with Crippen LogP contribution in [0.4, 0.5) is 4.79 Å². The highest BCUT2D eigenvalue weighted by Crippen LogP contribution is 1.98. The van der Waals surface area contributed by atoms with Crippen molar-refractivity contribution in [2.75, 3.05) is 13.1 Å². The monoisotopic (exact) mass is 166 g/mol. The number of halogens is 1. The second kappa shape index (κ2) is 4.35. The van der Waals surface area contributed by atoms with Gasteiger partial charge in [-0.25, -0.2) is 4.79 Å². The molecule has 1 amide bonds. The molecule has 1 atom stereocenters. The predicted octanol–water partition coefficient (Wildman–Crippen LogP) is 0.0377. The molecule has 0 spiro atoms. The highest BCUT2D eigenvalue weighted by Gasteiger charge is 2.15. The standard InChI is InChI=1S/C5H10N2O2.ClH/c8-5(9)7-3-4-1-2-6-4;/h4,6-7H,1-3H2,(H,8,9);1H/t4-;/m1./s1. The van der Waals surface area contributed by atoms with E-state index in [2.05, 4.69) is 10.6 Å². The van der Waals surface area contributed by atoms with Crippen LogP contribution in [-0.2, 0) is 0 Å². The second-order valence-corrected chi connectivity index (χ2v) is 2.13. The van der Waals surface area contributed by atoms with Crippen molar-refractivity contribution in [3.05, 3.63) is 0 Å². The van der Waals surface area contributed by atoms with Crippen molar-refractivity contribution in [3.63, 3.8) is 0 Å². The van der Waals surface area contributed by atoms with Gasteiger partial charge in [0.05, 0.1) is 0 Å². The van der Waals surface area contributed by atoms with Crippen LogP contribution in [0.25, 0.3) is 0 Å². The van der Waals surface area contributed by atoms with E-state index in [4.69, 9.17) is 5.11 Å². The average Bonchev–Trinajstić information content (AvgIpc) is 1.60. The summed E-state index contributed by atoms with van der Waals surface area (Å²) in [6.07, 6.45) is 0.143. The van der Waals surface area contributed by atoms with E-state index < -0.39 is 6.09 Å². The van der Waals surface area contributed by atoms with Gasteiger partial charge in [0, 0.05) is 12.6 Å². The molecular formula is C5H11ClN2O2. The van der Waals surface area contributed by atoms with Crippen molar-refractivity contribution < 1.29 is 9.90 Å². The van der Waals surface area contributed by atoms with Crippen molar-refractivity contribution in [2.24, 2.45) is 0 Å². The first-order valence-electron chi connectivity index (χ1n) is 2.99. The fraction of sp³-hybridized carbons (Fsp3) is 0.800. The van der Waals surface area contributed by atoms with Crippen LogP contribution in [0.1, 0.15) is 6.42 Å². The van der Waals surface area contributed by atoms with Crippen LogP contribution < -0.4 is 10.6 Å². The van der Waals surface area contributed by atoms with Crippen molar-refractivity contribution in [3.8, 4) is 0 Å². The summed E-state index contributed by atoms with van der Waals surface area (Å²) >= 11 is 0. The van der Waals surface area contributed by atoms with Gasteiger partial charge in [-0.05, 0) is 13.0 Å². The van der Waals surface area contributed by atoms with Crippen LogP contribution in [0.2, 0.25) is 0 Å². The largest absolute Gasteiger partial charge is 0.465 e. The summed E-state index contributed by atoms with van der Waals surface area (Å²) in [6.45, 7) is 1.56. The van der Waals surface area contributed by atoms with Crippen LogP contribution in [0.15, 0.2) is 0 Å². The summed E-state index contributed by atoms with van der Waals surface area (Å²) in [4.78, 5) is 9.90. The second-order valence-electron chi connectivity index (χ2n) is 2.13. The Morgan fingerprint density at radius 3 is 2.70 bits per heavy atom. The fourth-order valence-electron chi connectivity index (χ4n) is 0.733. The Morgan fingerprint density at radius 1 is 1.80 bits per heavy atom. The van der Waals surface area contributed by atoms with E-state index in [-0.39, 0.29) is 12.4 Å². The first-order valence-corrected chi connectivity index (χ1v) is 2.99. The highest BCUT2D eigenvalue weighted by molar-refractivity contribution is 5.85. The zero-order valence-corrected chi connectivity index (χ0v) is 6.28. The molecule has 0 aliphatic carbocycles. The van der Waals surface area contributed by atoms with Gasteiger partial charge in [0.1, 0.15) is 0 Å². The molecule has 0 aromatic heterocycles. The molecule has 0 aromatic carbocycles. The Balaban J connectivity index is 0.000000810. The van der Waals surface area contributed by atoms with Gasteiger partial charge in [-0.2, -0.15) is 0 Å². The summed E-state index contributed by atoms with van der Waals surface area (Å²) in [6, 6.07) is 0.376. The predicted molar refractivity (Wildman–Crippen MR) is 39.7 cm³/mol. The molecule has 0 unspecified atom stereocenters. The zero-order chi connectivity index (χ0) is 6.69. The zero-order valence-electron chi connectivity index (χ0n) is 5.46. The topological polar surface area (TPSA) is 61.4 Å². The Morgan fingerprint density at radius 2 is 2.40 bits per heavy atom. The van der Waals surface area contributed by atoms with Crippen molar-refractivity contribution in [1.29, 1.82) is 0 Å². The molecule has 60 valence electrons. The van der Waals surface area contributed by atoms with Crippen molar-refractivity contribution in [1.82, 2.24) is 10.6 Å². The summed E-state index contributed by atoms with van der Waals surface area (Å²) in [7, 11) is 0. The number of amides is 1. The van der Waals surface area contributed by atoms with E-state index >= 15 is 0 Å². The van der Waals surface area contributed by atoms with Crippen molar-refractivity contribution >= 4 is 18.5 Å². The Hall–Kier alpha value is -0.480. The molecule has 0 saturated carbocycles. The molecule has 5 heteroatoms. The third kappa shape index (κ3) is 2.89. The molecule has 0 aromatic rings. The van der Waals surface area contributed by atoms with Crippen LogP contribution in [0.5, 0.6) is 0 Å². The Kier molecular flexibility index (Phi) is 4.14. The lowest BCUT2D eigenvalue weighted by Crippen LogP contribution is -2.49. The normalized spacial score (nSPS) is 22.2. The quantitative estimate of drug-likeness (QED) is 0.543. The molecule has 3 N–H and O–H groups in total. The van der Waals surface area contributed by atoms with E-state index in [1.54, 1.807) is 0 Å². The summed E-state index contributed by atoms with van der Waals surface area (Å²) in [5.74, 6) is 0. The Labute approximate surface area is 65.4 Å². The fourth-order valence-corrected chi connectivity index (χ4v) is 0.733. The molecule has 4 nitrogen and oxygen atoms in total. The Bertz CT molecular complexity index is 116. The van der Waals surface area contributed by atoms with Gasteiger partial charge < -0.3 is 15.7 Å². The molecule has 1 saturated heterocycles. The molecule has 1 aliphatic rings. The molecular weight excluding hydrogens is 156 g/mol. The average molecular weight is 167 g/mol. The van der Waals surface area contributed by atoms with Crippen LogP contribution in [-0.4, -0.2) is 30.3 Å². The number of carbonyl (C=O) groups is 1. The van der Waals surface area contributed by atoms with Gasteiger partial charge >= 0.3 is 6.09 Å². The maximum Gasteiger partial charge on any atom is 0.404 e. The van der Waals surface area contributed by atoms with Crippen molar-refractivity contribution in [2.45, 2.75) is 12.5 Å². The van der Waals surface area contributed by atoms with Crippen LogP contribution >= 0.6 is 12.4 Å². The summed E-state index contributed by atoms with van der Waals surface area (Å²) in [5.41, 5.74) is 0. The number of rotatable bonds is 2. The molecule has 0 bridgehead atoms. The minimum absolute atomic E-state index is 0. The number of carboxylic acid groups (broad SMARTS) is 1. The van der Waals surface area contributed by atoms with E-state index in [1.807, 2.05) is 0 Å². The van der Waals surface area contributed by atoms with E-state index in [9.17, 15) is 4.79 Å². The minimum atomic E-state index is -0.941. The molecule has 1 aliphatic heterocycles. The SMILES string of the molecule is Cl.O=C(O)NC[C@H]1CCN1. The number of hydrogen-bond acceptors (Lipinski definition) is 2.